The van der Waals surface area contributed by atoms with Crippen molar-refractivity contribution in [3.05, 3.63) is 64.2 Å². The number of carbonyl (C=O) groups is 1. The molecule has 194 valence electrons. The SMILES string of the molecule is CC1(C)CC2(CC2)c2cc(CN3CCC4(CC3)CC(c3ccc(C(=O)O)cc3)=NO4)cc(C3CC3)c2O1. The quantitative estimate of drug-likeness (QED) is 0.544. The number of hydrogen-bond acceptors (Lipinski definition) is 5. The lowest BCUT2D eigenvalue weighted by Crippen LogP contribution is -2.44. The molecule has 1 N–H and O–H groups in total. The molecule has 2 aromatic carbocycles. The predicted octanol–water partition coefficient (Wildman–Crippen LogP) is 6.01. The Morgan fingerprint density at radius 3 is 2.46 bits per heavy atom. The third-order valence-corrected chi connectivity index (χ3v) is 9.24. The van der Waals surface area contributed by atoms with E-state index in [1.54, 1.807) is 12.1 Å². The molecule has 0 amide bonds. The van der Waals surface area contributed by atoms with Crippen LogP contribution < -0.4 is 4.74 Å². The molecule has 3 heterocycles. The molecule has 3 fully saturated rings. The minimum absolute atomic E-state index is 0.0731. The number of piperidine rings is 1. The lowest BCUT2D eigenvalue weighted by atomic mass is 9.79. The smallest absolute Gasteiger partial charge is 0.335 e. The second-order valence-corrected chi connectivity index (χ2v) is 12.8. The Bertz CT molecular complexity index is 1280. The van der Waals surface area contributed by atoms with E-state index in [4.69, 9.17) is 14.7 Å². The van der Waals surface area contributed by atoms with Gasteiger partial charge in [-0.25, -0.2) is 4.79 Å². The van der Waals surface area contributed by atoms with Gasteiger partial charge in [0.25, 0.3) is 0 Å². The van der Waals surface area contributed by atoms with Gasteiger partial charge < -0.3 is 14.7 Å². The van der Waals surface area contributed by atoms with Crippen molar-refractivity contribution in [1.29, 1.82) is 0 Å². The van der Waals surface area contributed by atoms with E-state index in [0.717, 1.165) is 56.6 Å². The molecule has 0 radical (unpaired) electrons. The van der Waals surface area contributed by atoms with Crippen LogP contribution in [0.25, 0.3) is 0 Å². The molecule has 2 spiro atoms. The fraction of sp³-hybridized carbons (Fsp3) is 0.548. The first-order valence-corrected chi connectivity index (χ1v) is 13.9. The monoisotopic (exact) mass is 500 g/mol. The minimum atomic E-state index is -0.910. The zero-order chi connectivity index (χ0) is 25.4. The van der Waals surface area contributed by atoms with E-state index in [2.05, 4.69) is 36.0 Å². The molecule has 37 heavy (non-hydrogen) atoms. The third kappa shape index (κ3) is 4.23. The van der Waals surface area contributed by atoms with Gasteiger partial charge in [0.05, 0.1) is 11.3 Å². The van der Waals surface area contributed by atoms with Crippen molar-refractivity contribution in [2.45, 2.75) is 94.3 Å². The van der Waals surface area contributed by atoms with Gasteiger partial charge in [0.1, 0.15) is 17.0 Å². The van der Waals surface area contributed by atoms with Gasteiger partial charge in [0.15, 0.2) is 0 Å². The Balaban J connectivity index is 1.04. The first-order valence-electron chi connectivity index (χ1n) is 13.9. The lowest BCUT2D eigenvalue weighted by Gasteiger charge is -2.40. The summed E-state index contributed by atoms with van der Waals surface area (Å²) in [5.74, 6) is 0.986. The maximum atomic E-state index is 11.2. The van der Waals surface area contributed by atoms with Crippen molar-refractivity contribution >= 4 is 11.7 Å². The minimum Gasteiger partial charge on any atom is -0.487 e. The predicted molar refractivity (Wildman–Crippen MR) is 142 cm³/mol. The molecule has 2 aromatic rings. The number of aromatic carboxylic acids is 1. The number of ether oxygens (including phenoxy) is 1. The Kier molecular flexibility index (Phi) is 5.07. The first-order chi connectivity index (χ1) is 17.7. The molecule has 1 saturated heterocycles. The average Bonchev–Trinajstić information content (AvgIpc) is 3.80. The molecule has 3 aliphatic heterocycles. The average molecular weight is 501 g/mol. The van der Waals surface area contributed by atoms with Crippen LogP contribution in [0.1, 0.15) is 104 Å². The van der Waals surface area contributed by atoms with Crippen LogP contribution in [0.2, 0.25) is 0 Å². The zero-order valence-electron chi connectivity index (χ0n) is 21.9. The van der Waals surface area contributed by atoms with Gasteiger partial charge in [-0.1, -0.05) is 29.4 Å². The van der Waals surface area contributed by atoms with Crippen LogP contribution in [0.15, 0.2) is 41.6 Å². The largest absolute Gasteiger partial charge is 0.487 e. The fourth-order valence-electron chi connectivity index (χ4n) is 6.96. The summed E-state index contributed by atoms with van der Waals surface area (Å²) in [6, 6.07) is 11.9. The molecule has 7 rings (SSSR count). The number of carboxylic acids is 1. The number of carboxylic acid groups (broad SMARTS) is 1. The van der Waals surface area contributed by atoms with Gasteiger partial charge in [-0.05, 0) is 80.7 Å². The molecule has 6 heteroatoms. The van der Waals surface area contributed by atoms with Crippen molar-refractivity contribution in [1.82, 2.24) is 4.90 Å². The standard InChI is InChI=1S/C31H36N2O4/c1-29(2)19-30(9-10-30)25-16-20(15-24(21-3-4-21)27(25)36-29)18-33-13-11-31(12-14-33)17-26(32-37-31)22-5-7-23(8-6-22)28(34)35/h5-8,15-16,21H,3-4,9-14,17-19H2,1-2H3,(H,34,35). The molecule has 0 bridgehead atoms. The third-order valence-electron chi connectivity index (χ3n) is 9.24. The number of nitrogens with zero attached hydrogens (tertiary/aromatic N) is 2. The second-order valence-electron chi connectivity index (χ2n) is 12.8. The summed E-state index contributed by atoms with van der Waals surface area (Å²) in [7, 11) is 0. The topological polar surface area (TPSA) is 71.4 Å². The van der Waals surface area contributed by atoms with Crippen molar-refractivity contribution < 1.29 is 19.5 Å². The Hall–Kier alpha value is -2.86. The highest BCUT2D eigenvalue weighted by Crippen LogP contribution is 2.62. The van der Waals surface area contributed by atoms with Crippen molar-refractivity contribution in [2.24, 2.45) is 5.16 Å². The van der Waals surface area contributed by atoms with E-state index in [9.17, 15) is 4.79 Å². The van der Waals surface area contributed by atoms with Gasteiger partial charge in [0, 0.05) is 49.9 Å². The highest BCUT2D eigenvalue weighted by Gasteiger charge is 2.54. The maximum absolute atomic E-state index is 11.2. The number of likely N-dealkylation sites (tertiary alicyclic amines) is 1. The number of fused-ring (bicyclic) bond motifs is 2. The summed E-state index contributed by atoms with van der Waals surface area (Å²) in [5.41, 5.74) is 6.60. The van der Waals surface area contributed by atoms with Crippen LogP contribution in [0.3, 0.4) is 0 Å². The van der Waals surface area contributed by atoms with Crippen molar-refractivity contribution in [3.8, 4) is 5.75 Å². The van der Waals surface area contributed by atoms with E-state index in [0.29, 0.717) is 16.9 Å². The lowest BCUT2D eigenvalue weighted by molar-refractivity contribution is -0.0627. The van der Waals surface area contributed by atoms with E-state index >= 15 is 0 Å². The Labute approximate surface area is 218 Å². The molecule has 0 unspecified atom stereocenters. The molecule has 5 aliphatic rings. The van der Waals surface area contributed by atoms with Crippen LogP contribution >= 0.6 is 0 Å². The van der Waals surface area contributed by atoms with Crippen LogP contribution in [0.5, 0.6) is 5.75 Å². The molecule has 2 saturated carbocycles. The summed E-state index contributed by atoms with van der Waals surface area (Å²) in [6.07, 6.45) is 8.99. The number of benzene rings is 2. The molecule has 0 atom stereocenters. The van der Waals surface area contributed by atoms with Crippen LogP contribution in [-0.4, -0.2) is 46.0 Å². The van der Waals surface area contributed by atoms with Gasteiger partial charge in [0.2, 0.25) is 0 Å². The summed E-state index contributed by atoms with van der Waals surface area (Å²) in [5, 5.41) is 13.6. The maximum Gasteiger partial charge on any atom is 0.335 e. The van der Waals surface area contributed by atoms with Gasteiger partial charge >= 0.3 is 5.97 Å². The summed E-state index contributed by atoms with van der Waals surface area (Å²) in [6.45, 7) is 7.48. The summed E-state index contributed by atoms with van der Waals surface area (Å²) >= 11 is 0. The van der Waals surface area contributed by atoms with E-state index in [-0.39, 0.29) is 11.2 Å². The molecular formula is C31H36N2O4. The number of hydrogen-bond donors (Lipinski definition) is 1. The molecule has 0 aromatic heterocycles. The van der Waals surface area contributed by atoms with Crippen LogP contribution in [-0.2, 0) is 16.8 Å². The van der Waals surface area contributed by atoms with E-state index in [1.165, 1.54) is 48.1 Å². The molecule has 6 nitrogen and oxygen atoms in total. The summed E-state index contributed by atoms with van der Waals surface area (Å²) < 4.78 is 6.63. The van der Waals surface area contributed by atoms with Crippen LogP contribution in [0.4, 0.5) is 0 Å². The second kappa shape index (κ2) is 8.07. The highest BCUT2D eigenvalue weighted by atomic mass is 16.7. The highest BCUT2D eigenvalue weighted by molar-refractivity contribution is 6.02. The summed E-state index contributed by atoms with van der Waals surface area (Å²) in [4.78, 5) is 19.8. The normalized spacial score (nSPS) is 24.8. The number of oxime groups is 1. The van der Waals surface area contributed by atoms with Crippen molar-refractivity contribution in [3.63, 3.8) is 0 Å². The van der Waals surface area contributed by atoms with E-state index in [1.807, 2.05) is 12.1 Å². The Morgan fingerprint density at radius 1 is 1.08 bits per heavy atom. The zero-order valence-corrected chi connectivity index (χ0v) is 21.9. The molecular weight excluding hydrogens is 464 g/mol. The number of rotatable bonds is 5. The molecule has 2 aliphatic carbocycles. The van der Waals surface area contributed by atoms with Gasteiger partial charge in [-0.15, -0.1) is 0 Å². The van der Waals surface area contributed by atoms with Gasteiger partial charge in [-0.3, -0.25) is 4.90 Å². The van der Waals surface area contributed by atoms with E-state index < -0.39 is 5.97 Å². The van der Waals surface area contributed by atoms with Crippen LogP contribution in [0, 0.1) is 0 Å². The Morgan fingerprint density at radius 2 is 1.81 bits per heavy atom. The van der Waals surface area contributed by atoms with Crippen molar-refractivity contribution in [2.75, 3.05) is 13.1 Å². The van der Waals surface area contributed by atoms with Gasteiger partial charge in [-0.2, -0.15) is 0 Å². The first kappa shape index (κ1) is 23.3. The fourth-order valence-corrected chi connectivity index (χ4v) is 6.96.